The first-order valence-corrected chi connectivity index (χ1v) is 7.35. The van der Waals surface area contributed by atoms with Gasteiger partial charge in [0.2, 0.25) is 0 Å². The number of rotatable bonds is 6. The Morgan fingerprint density at radius 3 is 2.48 bits per heavy atom. The van der Waals surface area contributed by atoms with Crippen molar-refractivity contribution in [1.29, 1.82) is 0 Å². The molecule has 0 spiro atoms. The molecule has 118 valence electrons. The molecule has 4 nitrogen and oxygen atoms in total. The average Bonchev–Trinajstić information content (AvgIpc) is 2.41. The van der Waals surface area contributed by atoms with Crippen LogP contribution in [0.5, 0.6) is 11.5 Å². The lowest BCUT2D eigenvalue weighted by molar-refractivity contribution is 0.0948. The van der Waals surface area contributed by atoms with Crippen molar-refractivity contribution in [2.24, 2.45) is 5.41 Å². The molecule has 1 aromatic rings. The highest BCUT2D eigenvalue weighted by molar-refractivity contribution is 6.21. The minimum Gasteiger partial charge on any atom is -0.493 e. The number of nitrogens with one attached hydrogen (secondary N) is 1. The first kappa shape index (κ1) is 17.6. The van der Waals surface area contributed by atoms with E-state index in [9.17, 15) is 4.79 Å². The number of hydrogen-bond donors (Lipinski definition) is 1. The Balaban J connectivity index is 2.72. The second-order valence-electron chi connectivity index (χ2n) is 6.11. The topological polar surface area (TPSA) is 47.6 Å². The molecule has 1 atom stereocenters. The average molecular weight is 314 g/mol. The Labute approximate surface area is 131 Å². The van der Waals surface area contributed by atoms with Crippen LogP contribution in [0.4, 0.5) is 0 Å². The van der Waals surface area contributed by atoms with Gasteiger partial charge in [-0.1, -0.05) is 26.8 Å². The molecule has 5 heteroatoms. The van der Waals surface area contributed by atoms with Crippen LogP contribution in [0.1, 0.15) is 37.6 Å². The Morgan fingerprint density at radius 2 is 1.95 bits per heavy atom. The van der Waals surface area contributed by atoms with Crippen molar-refractivity contribution in [3.8, 4) is 11.5 Å². The van der Waals surface area contributed by atoms with Gasteiger partial charge < -0.3 is 14.8 Å². The van der Waals surface area contributed by atoms with Gasteiger partial charge in [0.1, 0.15) is 0 Å². The van der Waals surface area contributed by atoms with Crippen LogP contribution in [0.25, 0.3) is 0 Å². The lowest BCUT2D eigenvalue weighted by Crippen LogP contribution is -2.31. The quantitative estimate of drug-likeness (QED) is 0.818. The Morgan fingerprint density at radius 1 is 1.29 bits per heavy atom. The number of methoxy groups -OCH3 is 2. The summed E-state index contributed by atoms with van der Waals surface area (Å²) in [5.74, 6) is 0.743. The van der Waals surface area contributed by atoms with E-state index in [0.29, 0.717) is 23.6 Å². The molecule has 0 bridgehead atoms. The van der Waals surface area contributed by atoms with E-state index in [-0.39, 0.29) is 16.7 Å². The summed E-state index contributed by atoms with van der Waals surface area (Å²) in [5.41, 5.74) is 0.571. The first-order chi connectivity index (χ1) is 9.78. The van der Waals surface area contributed by atoms with Crippen molar-refractivity contribution >= 4 is 17.5 Å². The molecule has 0 saturated carbocycles. The third-order valence-electron chi connectivity index (χ3n) is 2.97. The third-order valence-corrected chi connectivity index (χ3v) is 3.27. The van der Waals surface area contributed by atoms with Crippen LogP contribution in [-0.4, -0.2) is 32.0 Å². The molecule has 0 aliphatic rings. The van der Waals surface area contributed by atoms with E-state index < -0.39 is 0 Å². The summed E-state index contributed by atoms with van der Waals surface area (Å²) in [6.45, 7) is 6.78. The summed E-state index contributed by atoms with van der Waals surface area (Å²) in [6, 6.07) is 5.20. The fourth-order valence-corrected chi connectivity index (χ4v) is 2.64. The van der Waals surface area contributed by atoms with Gasteiger partial charge in [-0.15, -0.1) is 11.6 Å². The van der Waals surface area contributed by atoms with Gasteiger partial charge >= 0.3 is 0 Å². The maximum atomic E-state index is 12.3. The van der Waals surface area contributed by atoms with Crippen molar-refractivity contribution in [3.63, 3.8) is 0 Å². The van der Waals surface area contributed by atoms with Crippen LogP contribution in [0.3, 0.4) is 0 Å². The standard InChI is InChI=1S/C16H24ClNO3/c1-16(2,3)9-11(17)10-18-15(19)12-7-6-8-13(20-4)14(12)21-5/h6-8,11H,9-10H2,1-5H3,(H,18,19). The highest BCUT2D eigenvalue weighted by atomic mass is 35.5. The molecule has 0 radical (unpaired) electrons. The van der Waals surface area contributed by atoms with E-state index in [2.05, 4.69) is 26.1 Å². The second kappa shape index (κ2) is 7.55. The Kier molecular flexibility index (Phi) is 6.34. The van der Waals surface area contributed by atoms with Crippen LogP contribution < -0.4 is 14.8 Å². The molecule has 1 N–H and O–H groups in total. The van der Waals surface area contributed by atoms with Gasteiger partial charge in [-0.3, -0.25) is 4.79 Å². The predicted octanol–water partition coefficient (Wildman–Crippen LogP) is 3.48. The van der Waals surface area contributed by atoms with Crippen molar-refractivity contribution in [2.45, 2.75) is 32.6 Å². The fraction of sp³-hybridized carbons (Fsp3) is 0.562. The minimum atomic E-state index is -0.217. The lowest BCUT2D eigenvalue weighted by atomic mass is 9.90. The maximum absolute atomic E-state index is 12.3. The summed E-state index contributed by atoms with van der Waals surface area (Å²) in [7, 11) is 3.05. The monoisotopic (exact) mass is 313 g/mol. The fourth-order valence-electron chi connectivity index (χ4n) is 2.10. The predicted molar refractivity (Wildman–Crippen MR) is 85.6 cm³/mol. The van der Waals surface area contributed by atoms with Crippen molar-refractivity contribution < 1.29 is 14.3 Å². The number of carbonyl (C=O) groups excluding carboxylic acids is 1. The maximum Gasteiger partial charge on any atom is 0.255 e. The van der Waals surface area contributed by atoms with Gasteiger partial charge in [-0.05, 0) is 24.0 Å². The van der Waals surface area contributed by atoms with Crippen molar-refractivity contribution in [1.82, 2.24) is 5.32 Å². The molecule has 0 aliphatic carbocycles. The van der Waals surface area contributed by atoms with E-state index in [0.717, 1.165) is 6.42 Å². The molecule has 0 heterocycles. The lowest BCUT2D eigenvalue weighted by Gasteiger charge is -2.22. The number of para-hydroxylation sites is 1. The molecule has 0 aliphatic heterocycles. The van der Waals surface area contributed by atoms with E-state index in [1.807, 2.05) is 0 Å². The number of carbonyl (C=O) groups is 1. The van der Waals surface area contributed by atoms with Gasteiger partial charge in [-0.25, -0.2) is 0 Å². The summed E-state index contributed by atoms with van der Waals surface area (Å²) in [6.07, 6.45) is 0.823. The number of hydrogen-bond acceptors (Lipinski definition) is 3. The molecule has 0 fully saturated rings. The molecular formula is C16H24ClNO3. The normalized spacial score (nSPS) is 12.7. The molecule has 1 aromatic carbocycles. The number of halogens is 1. The molecular weight excluding hydrogens is 290 g/mol. The smallest absolute Gasteiger partial charge is 0.255 e. The third kappa shape index (κ3) is 5.46. The van der Waals surface area contributed by atoms with Crippen LogP contribution in [0.15, 0.2) is 18.2 Å². The van der Waals surface area contributed by atoms with Gasteiger partial charge in [0.05, 0.1) is 25.2 Å². The van der Waals surface area contributed by atoms with E-state index in [1.54, 1.807) is 18.2 Å². The zero-order valence-corrected chi connectivity index (χ0v) is 14.1. The van der Waals surface area contributed by atoms with Crippen LogP contribution in [-0.2, 0) is 0 Å². The Bertz CT molecular complexity index is 483. The Hall–Kier alpha value is -1.42. The van der Waals surface area contributed by atoms with Gasteiger partial charge in [0.15, 0.2) is 11.5 Å². The molecule has 1 rings (SSSR count). The summed E-state index contributed by atoms with van der Waals surface area (Å²) >= 11 is 6.26. The zero-order valence-electron chi connectivity index (χ0n) is 13.3. The SMILES string of the molecule is COc1cccc(C(=O)NCC(Cl)CC(C)(C)C)c1OC. The summed E-state index contributed by atoms with van der Waals surface area (Å²) < 4.78 is 10.4. The second-order valence-corrected chi connectivity index (χ2v) is 6.73. The minimum absolute atomic E-state index is 0.106. The highest BCUT2D eigenvalue weighted by Gasteiger charge is 2.20. The van der Waals surface area contributed by atoms with Gasteiger partial charge in [0, 0.05) is 6.54 Å². The van der Waals surface area contributed by atoms with Crippen LogP contribution >= 0.6 is 11.6 Å². The number of alkyl halides is 1. The zero-order chi connectivity index (χ0) is 16.0. The van der Waals surface area contributed by atoms with Gasteiger partial charge in [-0.2, -0.15) is 0 Å². The van der Waals surface area contributed by atoms with Crippen LogP contribution in [0.2, 0.25) is 0 Å². The van der Waals surface area contributed by atoms with E-state index >= 15 is 0 Å². The van der Waals surface area contributed by atoms with E-state index in [1.165, 1.54) is 14.2 Å². The molecule has 1 unspecified atom stereocenters. The van der Waals surface area contributed by atoms with E-state index in [4.69, 9.17) is 21.1 Å². The van der Waals surface area contributed by atoms with Crippen molar-refractivity contribution in [3.05, 3.63) is 23.8 Å². The molecule has 1 amide bonds. The number of ether oxygens (including phenoxy) is 2. The number of benzene rings is 1. The number of amides is 1. The molecule has 21 heavy (non-hydrogen) atoms. The van der Waals surface area contributed by atoms with Gasteiger partial charge in [0.25, 0.3) is 5.91 Å². The molecule has 0 saturated heterocycles. The van der Waals surface area contributed by atoms with Crippen LogP contribution in [0, 0.1) is 5.41 Å². The highest BCUT2D eigenvalue weighted by Crippen LogP contribution is 2.30. The summed E-state index contributed by atoms with van der Waals surface area (Å²) in [5, 5.41) is 2.73. The van der Waals surface area contributed by atoms with Crippen molar-refractivity contribution in [2.75, 3.05) is 20.8 Å². The largest absolute Gasteiger partial charge is 0.493 e. The molecule has 0 aromatic heterocycles. The summed E-state index contributed by atoms with van der Waals surface area (Å²) in [4.78, 5) is 12.3. The first-order valence-electron chi connectivity index (χ1n) is 6.91.